The van der Waals surface area contributed by atoms with Gasteiger partial charge in [0.2, 0.25) is 5.95 Å². The Morgan fingerprint density at radius 1 is 1.28 bits per heavy atom. The van der Waals surface area contributed by atoms with Crippen LogP contribution in [0, 0.1) is 0 Å². The number of anilines is 1. The van der Waals surface area contributed by atoms with Crippen molar-refractivity contribution in [1.29, 1.82) is 0 Å². The highest BCUT2D eigenvalue weighted by molar-refractivity contribution is 6.03. The number of hydrogen-bond acceptors (Lipinski definition) is 4. The zero-order chi connectivity index (χ0) is 12.4. The third-order valence-corrected chi connectivity index (χ3v) is 2.74. The van der Waals surface area contributed by atoms with Crippen LogP contribution in [0.1, 0.15) is 15.9 Å². The molecule has 2 heterocycles. The quantitative estimate of drug-likeness (QED) is 0.868. The van der Waals surface area contributed by atoms with Crippen LogP contribution in [0.5, 0.6) is 5.75 Å². The van der Waals surface area contributed by atoms with Gasteiger partial charge in [0.25, 0.3) is 5.91 Å². The lowest BCUT2D eigenvalue weighted by atomic mass is 10.1. The van der Waals surface area contributed by atoms with E-state index in [0.717, 1.165) is 17.7 Å². The number of fused-ring (bicyclic) bond motifs is 1. The van der Waals surface area contributed by atoms with Gasteiger partial charge < -0.3 is 4.74 Å². The molecule has 5 nitrogen and oxygen atoms in total. The molecule has 1 aromatic heterocycles. The van der Waals surface area contributed by atoms with Gasteiger partial charge in [0.1, 0.15) is 5.75 Å². The lowest BCUT2D eigenvalue weighted by Gasteiger charge is -2.04. The van der Waals surface area contributed by atoms with Gasteiger partial charge in [-0.3, -0.25) is 10.1 Å². The molecule has 0 fully saturated rings. The van der Waals surface area contributed by atoms with Crippen LogP contribution in [0.25, 0.3) is 0 Å². The normalized spacial score (nSPS) is 12.7. The van der Waals surface area contributed by atoms with E-state index in [1.54, 1.807) is 24.5 Å². The summed E-state index contributed by atoms with van der Waals surface area (Å²) in [5.41, 5.74) is 1.66. The van der Waals surface area contributed by atoms with Crippen LogP contribution >= 0.6 is 0 Å². The molecule has 1 aromatic carbocycles. The summed E-state index contributed by atoms with van der Waals surface area (Å²) in [5.74, 6) is 0.956. The Morgan fingerprint density at radius 2 is 2.11 bits per heavy atom. The Kier molecular flexibility index (Phi) is 2.64. The highest BCUT2D eigenvalue weighted by Gasteiger charge is 2.15. The molecule has 1 aliphatic heterocycles. The van der Waals surface area contributed by atoms with E-state index in [2.05, 4.69) is 15.3 Å². The first kappa shape index (κ1) is 10.7. The summed E-state index contributed by atoms with van der Waals surface area (Å²) in [6.45, 7) is 0.683. The van der Waals surface area contributed by atoms with E-state index in [9.17, 15) is 4.79 Å². The minimum Gasteiger partial charge on any atom is -0.493 e. The Bertz CT molecular complexity index is 584. The van der Waals surface area contributed by atoms with Crippen LogP contribution in [0.15, 0.2) is 36.7 Å². The highest BCUT2D eigenvalue weighted by atomic mass is 16.5. The lowest BCUT2D eigenvalue weighted by Crippen LogP contribution is -2.14. The minimum absolute atomic E-state index is 0.212. The van der Waals surface area contributed by atoms with Gasteiger partial charge in [-0.2, -0.15) is 0 Å². The van der Waals surface area contributed by atoms with Crippen molar-refractivity contribution >= 4 is 11.9 Å². The maximum absolute atomic E-state index is 12.0. The number of benzene rings is 1. The average molecular weight is 241 g/mol. The summed E-state index contributed by atoms with van der Waals surface area (Å²) in [5, 5.41) is 2.65. The Labute approximate surface area is 104 Å². The summed E-state index contributed by atoms with van der Waals surface area (Å²) in [4.78, 5) is 19.9. The summed E-state index contributed by atoms with van der Waals surface area (Å²) in [6, 6.07) is 7.11. The molecule has 3 rings (SSSR count). The van der Waals surface area contributed by atoms with E-state index in [-0.39, 0.29) is 5.91 Å². The third-order valence-electron chi connectivity index (χ3n) is 2.74. The van der Waals surface area contributed by atoms with Crippen molar-refractivity contribution in [2.75, 3.05) is 11.9 Å². The first-order chi connectivity index (χ1) is 8.83. The monoisotopic (exact) mass is 241 g/mol. The van der Waals surface area contributed by atoms with Crippen molar-refractivity contribution < 1.29 is 9.53 Å². The van der Waals surface area contributed by atoms with Crippen LogP contribution < -0.4 is 10.1 Å². The number of ether oxygens (including phenoxy) is 1. The van der Waals surface area contributed by atoms with Gasteiger partial charge in [-0.15, -0.1) is 0 Å². The number of hydrogen-bond donors (Lipinski definition) is 1. The number of nitrogens with one attached hydrogen (secondary N) is 1. The van der Waals surface area contributed by atoms with Gasteiger partial charge in [0.05, 0.1) is 6.61 Å². The molecule has 1 aliphatic rings. The van der Waals surface area contributed by atoms with Crippen molar-refractivity contribution in [3.05, 3.63) is 47.8 Å². The molecule has 0 spiro atoms. The maximum atomic E-state index is 12.0. The Hall–Kier alpha value is -2.43. The highest BCUT2D eigenvalue weighted by Crippen LogP contribution is 2.25. The third kappa shape index (κ3) is 2.02. The Morgan fingerprint density at radius 3 is 2.94 bits per heavy atom. The molecule has 18 heavy (non-hydrogen) atoms. The molecule has 5 heteroatoms. The maximum Gasteiger partial charge on any atom is 0.258 e. The second kappa shape index (κ2) is 4.44. The van der Waals surface area contributed by atoms with Crippen LogP contribution in [-0.4, -0.2) is 22.5 Å². The zero-order valence-corrected chi connectivity index (χ0v) is 9.59. The number of carbonyl (C=O) groups is 1. The molecule has 1 N–H and O–H groups in total. The molecule has 1 amide bonds. The Balaban J connectivity index is 1.81. The fraction of sp³-hybridized carbons (Fsp3) is 0.154. The molecule has 0 atom stereocenters. The summed E-state index contributed by atoms with van der Waals surface area (Å²) < 4.78 is 5.40. The van der Waals surface area contributed by atoms with Gasteiger partial charge >= 0.3 is 0 Å². The van der Waals surface area contributed by atoms with Gasteiger partial charge in [0.15, 0.2) is 0 Å². The molecular weight excluding hydrogens is 230 g/mol. The van der Waals surface area contributed by atoms with Crippen LogP contribution in [0.3, 0.4) is 0 Å². The largest absolute Gasteiger partial charge is 0.493 e. The molecular formula is C13H11N3O2. The van der Waals surface area contributed by atoms with Gasteiger partial charge in [-0.1, -0.05) is 0 Å². The number of amides is 1. The average Bonchev–Trinajstić information content (AvgIpc) is 2.87. The molecule has 0 aliphatic carbocycles. The predicted molar refractivity (Wildman–Crippen MR) is 65.6 cm³/mol. The zero-order valence-electron chi connectivity index (χ0n) is 9.59. The van der Waals surface area contributed by atoms with Crippen LogP contribution in [-0.2, 0) is 6.42 Å². The van der Waals surface area contributed by atoms with Crippen molar-refractivity contribution in [1.82, 2.24) is 9.97 Å². The van der Waals surface area contributed by atoms with Crippen molar-refractivity contribution in [2.24, 2.45) is 0 Å². The minimum atomic E-state index is -0.212. The topological polar surface area (TPSA) is 64.1 Å². The molecule has 0 unspecified atom stereocenters. The fourth-order valence-corrected chi connectivity index (χ4v) is 1.87. The molecule has 90 valence electrons. The number of carbonyl (C=O) groups excluding carboxylic acids is 1. The first-order valence-corrected chi connectivity index (χ1v) is 5.67. The van der Waals surface area contributed by atoms with Crippen LogP contribution in [0.2, 0.25) is 0 Å². The van der Waals surface area contributed by atoms with E-state index in [0.29, 0.717) is 18.1 Å². The van der Waals surface area contributed by atoms with Crippen LogP contribution in [0.4, 0.5) is 5.95 Å². The molecule has 0 saturated carbocycles. The summed E-state index contributed by atoms with van der Waals surface area (Å²) in [6.07, 6.45) is 4.01. The van der Waals surface area contributed by atoms with E-state index >= 15 is 0 Å². The van der Waals surface area contributed by atoms with E-state index in [1.807, 2.05) is 12.1 Å². The van der Waals surface area contributed by atoms with Gasteiger partial charge in [-0.05, 0) is 29.8 Å². The smallest absolute Gasteiger partial charge is 0.258 e. The first-order valence-electron chi connectivity index (χ1n) is 5.67. The van der Waals surface area contributed by atoms with Crippen molar-refractivity contribution in [3.8, 4) is 5.75 Å². The van der Waals surface area contributed by atoms with E-state index < -0.39 is 0 Å². The molecule has 2 aromatic rings. The lowest BCUT2D eigenvalue weighted by molar-refractivity contribution is 0.102. The van der Waals surface area contributed by atoms with E-state index in [1.165, 1.54) is 0 Å². The number of rotatable bonds is 2. The second-order valence-electron chi connectivity index (χ2n) is 3.95. The SMILES string of the molecule is O=C(Nc1ncccn1)c1ccc2c(c1)CCO2. The molecule has 0 radical (unpaired) electrons. The fourth-order valence-electron chi connectivity index (χ4n) is 1.87. The van der Waals surface area contributed by atoms with Crippen molar-refractivity contribution in [3.63, 3.8) is 0 Å². The predicted octanol–water partition coefficient (Wildman–Crippen LogP) is 1.66. The van der Waals surface area contributed by atoms with Gasteiger partial charge in [-0.25, -0.2) is 9.97 Å². The van der Waals surface area contributed by atoms with Gasteiger partial charge in [0, 0.05) is 24.4 Å². The van der Waals surface area contributed by atoms with E-state index in [4.69, 9.17) is 4.74 Å². The second-order valence-corrected chi connectivity index (χ2v) is 3.95. The standard InChI is InChI=1S/C13H11N3O2/c17-12(16-13-14-5-1-6-15-13)10-2-3-11-9(8-10)4-7-18-11/h1-3,5-6,8H,4,7H2,(H,14,15,16,17). The molecule has 0 bridgehead atoms. The molecule has 0 saturated heterocycles. The summed E-state index contributed by atoms with van der Waals surface area (Å²) >= 11 is 0. The number of nitrogens with zero attached hydrogens (tertiary/aromatic N) is 2. The number of aromatic nitrogens is 2. The summed E-state index contributed by atoms with van der Waals surface area (Å²) in [7, 11) is 0. The van der Waals surface area contributed by atoms with Crippen molar-refractivity contribution in [2.45, 2.75) is 6.42 Å².